The Labute approximate surface area is 209 Å². The summed E-state index contributed by atoms with van der Waals surface area (Å²) >= 11 is 0. The molecule has 36 heavy (non-hydrogen) atoms. The van der Waals surface area contributed by atoms with Crippen molar-refractivity contribution in [3.05, 3.63) is 137 Å². The molecule has 2 bridgehead atoms. The molecule has 8 rings (SSSR count). The Morgan fingerprint density at radius 2 is 1.25 bits per heavy atom. The number of anilines is 1. The summed E-state index contributed by atoms with van der Waals surface area (Å²) in [6.07, 6.45) is 1.98. The van der Waals surface area contributed by atoms with Crippen LogP contribution in [0.25, 0.3) is 0 Å². The van der Waals surface area contributed by atoms with Crippen LogP contribution in [0.2, 0.25) is 0 Å². The van der Waals surface area contributed by atoms with E-state index in [4.69, 9.17) is 4.99 Å². The minimum atomic E-state index is -0.808. The average molecular weight is 469 g/mol. The Kier molecular flexibility index (Phi) is 4.58. The van der Waals surface area contributed by atoms with Gasteiger partial charge in [-0.1, -0.05) is 97.1 Å². The summed E-state index contributed by atoms with van der Waals surface area (Å²) in [5, 5.41) is 0. The fourth-order valence-electron chi connectivity index (χ4n) is 6.76. The van der Waals surface area contributed by atoms with Gasteiger partial charge < -0.3 is 0 Å². The van der Waals surface area contributed by atoms with Gasteiger partial charge in [0.15, 0.2) is 0 Å². The fourth-order valence-corrected chi connectivity index (χ4v) is 6.76. The van der Waals surface area contributed by atoms with Gasteiger partial charge in [-0.3, -0.25) is 14.6 Å². The molecule has 0 radical (unpaired) electrons. The standard InChI is InChI=1S/C32H24N2O2/c35-30-28-27-23-15-7-9-17-25(23)32(26-18-10-8-16-24(26)27,20-33-19-21-11-3-1-4-12-21)29(28)31(36)34(30)22-13-5-2-6-14-22/h1-18,20,27-29H,19H2. The van der Waals surface area contributed by atoms with E-state index in [-0.39, 0.29) is 17.7 Å². The number of carbonyl (C=O) groups excluding carboxylic acids is 2. The molecule has 0 saturated carbocycles. The fraction of sp³-hybridized carbons (Fsp3) is 0.156. The third-order valence-electron chi connectivity index (χ3n) is 8.11. The van der Waals surface area contributed by atoms with Crippen molar-refractivity contribution in [2.24, 2.45) is 16.8 Å². The van der Waals surface area contributed by atoms with E-state index in [2.05, 4.69) is 36.4 Å². The third kappa shape index (κ3) is 2.73. The molecular formula is C32H24N2O2. The second kappa shape index (κ2) is 7.85. The number of aliphatic imine (C=N–C) groups is 1. The molecular weight excluding hydrogens is 444 g/mol. The third-order valence-corrected chi connectivity index (χ3v) is 8.11. The highest BCUT2D eigenvalue weighted by Gasteiger charge is 2.67. The number of hydrogen-bond donors (Lipinski definition) is 0. The van der Waals surface area contributed by atoms with Crippen molar-refractivity contribution in [2.75, 3.05) is 4.90 Å². The second-order valence-corrected chi connectivity index (χ2v) is 9.83. The van der Waals surface area contributed by atoms with Crippen molar-refractivity contribution in [3.8, 4) is 0 Å². The van der Waals surface area contributed by atoms with Crippen molar-refractivity contribution in [3.63, 3.8) is 0 Å². The normalized spacial score (nSPS) is 25.7. The van der Waals surface area contributed by atoms with Crippen molar-refractivity contribution >= 4 is 23.7 Å². The molecule has 4 aromatic carbocycles. The lowest BCUT2D eigenvalue weighted by molar-refractivity contribution is -0.122. The minimum Gasteiger partial charge on any atom is -0.291 e. The lowest BCUT2D eigenvalue weighted by atomic mass is 9.47. The highest BCUT2D eigenvalue weighted by molar-refractivity contribution is 6.25. The van der Waals surface area contributed by atoms with Crippen LogP contribution in [0.3, 0.4) is 0 Å². The predicted molar refractivity (Wildman–Crippen MR) is 140 cm³/mol. The number of para-hydroxylation sites is 1. The van der Waals surface area contributed by atoms with Crippen LogP contribution in [-0.4, -0.2) is 18.0 Å². The van der Waals surface area contributed by atoms with E-state index >= 15 is 0 Å². The molecule has 2 unspecified atom stereocenters. The van der Waals surface area contributed by atoms with Crippen LogP contribution in [0.1, 0.15) is 33.7 Å². The average Bonchev–Trinajstić information content (AvgIpc) is 3.21. The Morgan fingerprint density at radius 1 is 0.694 bits per heavy atom. The molecule has 2 amide bonds. The molecule has 1 saturated heterocycles. The largest absolute Gasteiger partial charge is 0.291 e. The highest BCUT2D eigenvalue weighted by Crippen LogP contribution is 2.63. The molecule has 4 aromatic rings. The van der Waals surface area contributed by atoms with E-state index in [9.17, 15) is 9.59 Å². The zero-order valence-corrected chi connectivity index (χ0v) is 19.6. The van der Waals surface area contributed by atoms with E-state index in [0.29, 0.717) is 12.2 Å². The van der Waals surface area contributed by atoms with Gasteiger partial charge in [0, 0.05) is 12.1 Å². The van der Waals surface area contributed by atoms with Crippen molar-refractivity contribution in [1.82, 2.24) is 0 Å². The lowest BCUT2D eigenvalue weighted by Crippen LogP contribution is -2.54. The maximum atomic E-state index is 14.2. The molecule has 4 heteroatoms. The first-order valence-corrected chi connectivity index (χ1v) is 12.4. The van der Waals surface area contributed by atoms with Gasteiger partial charge >= 0.3 is 0 Å². The van der Waals surface area contributed by atoms with Crippen LogP contribution in [-0.2, 0) is 21.5 Å². The van der Waals surface area contributed by atoms with Gasteiger partial charge in [0.2, 0.25) is 11.8 Å². The summed E-state index contributed by atoms with van der Waals surface area (Å²) in [4.78, 5) is 34.7. The van der Waals surface area contributed by atoms with E-state index in [1.165, 1.54) is 4.90 Å². The zero-order chi connectivity index (χ0) is 24.3. The smallest absolute Gasteiger partial charge is 0.239 e. The minimum absolute atomic E-state index is 0.119. The van der Waals surface area contributed by atoms with Gasteiger partial charge in [-0.2, -0.15) is 0 Å². The molecule has 0 aromatic heterocycles. The zero-order valence-electron chi connectivity index (χ0n) is 19.6. The highest BCUT2D eigenvalue weighted by atomic mass is 16.2. The van der Waals surface area contributed by atoms with E-state index < -0.39 is 17.3 Å². The quantitative estimate of drug-likeness (QED) is 0.293. The van der Waals surface area contributed by atoms with Crippen LogP contribution in [0.5, 0.6) is 0 Å². The number of hydrogen-bond acceptors (Lipinski definition) is 3. The molecule has 0 spiro atoms. The van der Waals surface area contributed by atoms with Gasteiger partial charge in [-0.15, -0.1) is 0 Å². The second-order valence-electron chi connectivity index (χ2n) is 9.83. The van der Waals surface area contributed by atoms with Gasteiger partial charge in [0.25, 0.3) is 0 Å². The van der Waals surface area contributed by atoms with E-state index in [0.717, 1.165) is 27.8 Å². The van der Waals surface area contributed by atoms with Crippen molar-refractivity contribution < 1.29 is 9.59 Å². The molecule has 3 aliphatic carbocycles. The Balaban J connectivity index is 1.47. The van der Waals surface area contributed by atoms with Crippen LogP contribution < -0.4 is 4.90 Å². The first-order valence-electron chi connectivity index (χ1n) is 12.4. The van der Waals surface area contributed by atoms with Crippen LogP contribution in [0.15, 0.2) is 114 Å². The van der Waals surface area contributed by atoms with Crippen LogP contribution in [0, 0.1) is 11.8 Å². The summed E-state index contributed by atoms with van der Waals surface area (Å²) in [5.41, 5.74) is 5.35. The van der Waals surface area contributed by atoms with Crippen molar-refractivity contribution in [2.45, 2.75) is 17.9 Å². The summed E-state index contributed by atoms with van der Waals surface area (Å²) in [6, 6.07) is 36.0. The van der Waals surface area contributed by atoms with E-state index in [1.54, 1.807) is 0 Å². The monoisotopic (exact) mass is 468 g/mol. The van der Waals surface area contributed by atoms with Gasteiger partial charge in [-0.05, 0) is 39.9 Å². The summed E-state index contributed by atoms with van der Waals surface area (Å²) in [5.74, 6) is -1.43. The molecule has 2 atom stereocenters. The van der Waals surface area contributed by atoms with Gasteiger partial charge in [0.05, 0.1) is 29.5 Å². The van der Waals surface area contributed by atoms with Gasteiger partial charge in [-0.25, -0.2) is 4.90 Å². The Morgan fingerprint density at radius 3 is 1.89 bits per heavy atom. The lowest BCUT2D eigenvalue weighted by Gasteiger charge is -2.52. The maximum Gasteiger partial charge on any atom is 0.239 e. The first-order chi connectivity index (χ1) is 17.7. The van der Waals surface area contributed by atoms with Crippen LogP contribution >= 0.6 is 0 Å². The number of rotatable bonds is 4. The molecule has 174 valence electrons. The number of benzene rings is 4. The first kappa shape index (κ1) is 21.0. The Bertz CT molecular complexity index is 1480. The molecule has 1 heterocycles. The molecule has 4 nitrogen and oxygen atoms in total. The topological polar surface area (TPSA) is 49.7 Å². The van der Waals surface area contributed by atoms with Gasteiger partial charge in [0.1, 0.15) is 0 Å². The Hall–Kier alpha value is -4.31. The molecule has 1 fully saturated rings. The van der Waals surface area contributed by atoms with E-state index in [1.807, 2.05) is 79.0 Å². The van der Waals surface area contributed by atoms with Crippen molar-refractivity contribution in [1.29, 1.82) is 0 Å². The summed E-state index contributed by atoms with van der Waals surface area (Å²) in [7, 11) is 0. The summed E-state index contributed by atoms with van der Waals surface area (Å²) < 4.78 is 0. The summed E-state index contributed by atoms with van der Waals surface area (Å²) in [6.45, 7) is 0.512. The molecule has 1 aliphatic heterocycles. The predicted octanol–water partition coefficient (Wildman–Crippen LogP) is 5.51. The van der Waals surface area contributed by atoms with Crippen LogP contribution in [0.4, 0.5) is 5.69 Å². The number of nitrogens with zero attached hydrogens (tertiary/aromatic N) is 2. The molecule has 4 aliphatic rings. The number of carbonyl (C=O) groups is 2. The maximum absolute atomic E-state index is 14.2. The molecule has 0 N–H and O–H groups in total. The number of amides is 2. The number of imide groups is 1. The SMILES string of the molecule is O=C1C2C3c4ccccc4C(C=NCc4ccccc4)(c4ccccc43)C2C(=O)N1c1ccccc1.